The minimum Gasteiger partial charge on any atom is -0.379 e. The fraction of sp³-hybridized carbons (Fsp3) is 0.929. The van der Waals surface area contributed by atoms with Crippen LogP contribution in [-0.4, -0.2) is 50.8 Å². The van der Waals surface area contributed by atoms with Crippen LogP contribution in [0.3, 0.4) is 0 Å². The van der Waals surface area contributed by atoms with Crippen molar-refractivity contribution in [2.24, 2.45) is 16.8 Å². The third-order valence-corrected chi connectivity index (χ3v) is 3.75. The maximum atomic E-state index is 5.62. The average Bonchev–Trinajstić information content (AvgIpc) is 3.18. The molecular weight excluding hydrogens is 353 g/mol. The van der Waals surface area contributed by atoms with Gasteiger partial charge < -0.3 is 15.0 Å². The smallest absolute Gasteiger partial charge is 0.193 e. The molecule has 5 heteroatoms. The zero-order chi connectivity index (χ0) is 12.8. The van der Waals surface area contributed by atoms with Gasteiger partial charge in [-0.15, -0.1) is 24.0 Å². The molecule has 2 fully saturated rings. The van der Waals surface area contributed by atoms with Gasteiger partial charge in [0.05, 0.1) is 6.61 Å². The molecule has 0 spiro atoms. The number of hydrogen-bond acceptors (Lipinski definition) is 2. The van der Waals surface area contributed by atoms with Crippen LogP contribution in [-0.2, 0) is 4.74 Å². The van der Waals surface area contributed by atoms with Crippen LogP contribution >= 0.6 is 24.0 Å². The molecule has 1 aliphatic carbocycles. The molecule has 0 amide bonds. The van der Waals surface area contributed by atoms with Crippen molar-refractivity contribution < 1.29 is 4.74 Å². The SMILES string of the molecule is CN=C(NCCOCC1CC1)N1CCCC(C)C1.I. The van der Waals surface area contributed by atoms with E-state index in [2.05, 4.69) is 22.1 Å². The number of piperidine rings is 1. The highest BCUT2D eigenvalue weighted by Gasteiger charge is 2.21. The second-order valence-electron chi connectivity index (χ2n) is 5.69. The van der Waals surface area contributed by atoms with Crippen LogP contribution in [0, 0.1) is 11.8 Å². The monoisotopic (exact) mass is 381 g/mol. The van der Waals surface area contributed by atoms with E-state index in [0.29, 0.717) is 0 Å². The molecule has 0 aromatic heterocycles. The molecule has 1 aliphatic heterocycles. The maximum Gasteiger partial charge on any atom is 0.193 e. The topological polar surface area (TPSA) is 36.9 Å². The first-order valence-electron chi connectivity index (χ1n) is 7.33. The quantitative estimate of drug-likeness (QED) is 0.344. The van der Waals surface area contributed by atoms with Crippen molar-refractivity contribution in [3.63, 3.8) is 0 Å². The minimum absolute atomic E-state index is 0. The summed E-state index contributed by atoms with van der Waals surface area (Å²) in [6.45, 7) is 7.18. The fourth-order valence-electron chi connectivity index (χ4n) is 2.48. The molecular formula is C14H28IN3O. The van der Waals surface area contributed by atoms with Crippen LogP contribution in [0.1, 0.15) is 32.6 Å². The van der Waals surface area contributed by atoms with Gasteiger partial charge in [-0.2, -0.15) is 0 Å². The van der Waals surface area contributed by atoms with Gasteiger partial charge in [-0.25, -0.2) is 0 Å². The molecule has 1 saturated carbocycles. The predicted octanol–water partition coefficient (Wildman–Crippen LogP) is 2.34. The normalized spacial score (nSPS) is 24.0. The molecule has 4 nitrogen and oxygen atoms in total. The zero-order valence-corrected chi connectivity index (χ0v) is 14.6. The van der Waals surface area contributed by atoms with Crippen molar-refractivity contribution in [1.82, 2.24) is 10.2 Å². The van der Waals surface area contributed by atoms with Gasteiger partial charge in [0.1, 0.15) is 0 Å². The van der Waals surface area contributed by atoms with E-state index < -0.39 is 0 Å². The second kappa shape index (κ2) is 9.00. The summed E-state index contributed by atoms with van der Waals surface area (Å²) >= 11 is 0. The molecule has 0 aromatic carbocycles. The summed E-state index contributed by atoms with van der Waals surface area (Å²) in [5.41, 5.74) is 0. The molecule has 1 unspecified atom stereocenters. The Bertz CT molecular complexity index is 282. The molecule has 1 N–H and O–H groups in total. The Balaban J connectivity index is 0.00000180. The van der Waals surface area contributed by atoms with Gasteiger partial charge in [0, 0.05) is 33.3 Å². The maximum absolute atomic E-state index is 5.62. The Labute approximate surface area is 134 Å². The fourth-order valence-corrected chi connectivity index (χ4v) is 2.48. The van der Waals surface area contributed by atoms with Crippen LogP contribution in [0.15, 0.2) is 4.99 Å². The Morgan fingerprint density at radius 3 is 2.79 bits per heavy atom. The molecule has 2 rings (SSSR count). The first kappa shape index (κ1) is 17.0. The third-order valence-electron chi connectivity index (χ3n) is 3.75. The number of nitrogens with zero attached hydrogens (tertiary/aromatic N) is 2. The Kier molecular flexibility index (Phi) is 8.06. The zero-order valence-electron chi connectivity index (χ0n) is 12.2. The highest BCUT2D eigenvalue weighted by molar-refractivity contribution is 14.0. The van der Waals surface area contributed by atoms with E-state index in [1.54, 1.807) is 0 Å². The van der Waals surface area contributed by atoms with E-state index in [0.717, 1.165) is 50.6 Å². The lowest BCUT2D eigenvalue weighted by Crippen LogP contribution is -2.46. The van der Waals surface area contributed by atoms with Gasteiger partial charge in [0.2, 0.25) is 0 Å². The van der Waals surface area contributed by atoms with Crippen LogP contribution in [0.4, 0.5) is 0 Å². The molecule has 19 heavy (non-hydrogen) atoms. The van der Waals surface area contributed by atoms with Crippen LogP contribution in [0.5, 0.6) is 0 Å². The van der Waals surface area contributed by atoms with Crippen molar-refractivity contribution >= 4 is 29.9 Å². The summed E-state index contributed by atoms with van der Waals surface area (Å²) in [5.74, 6) is 2.67. The van der Waals surface area contributed by atoms with Gasteiger partial charge in [-0.1, -0.05) is 6.92 Å². The summed E-state index contributed by atoms with van der Waals surface area (Å²) < 4.78 is 5.62. The van der Waals surface area contributed by atoms with Crippen molar-refractivity contribution in [2.75, 3.05) is 39.9 Å². The predicted molar refractivity (Wildman–Crippen MR) is 90.3 cm³/mol. The number of aliphatic imine (C=N–C) groups is 1. The molecule has 2 aliphatic rings. The first-order chi connectivity index (χ1) is 8.79. The summed E-state index contributed by atoms with van der Waals surface area (Å²) in [5, 5.41) is 3.40. The number of halogens is 1. The lowest BCUT2D eigenvalue weighted by atomic mass is 10.0. The lowest BCUT2D eigenvalue weighted by molar-refractivity contribution is 0.128. The number of nitrogens with one attached hydrogen (secondary N) is 1. The molecule has 0 bridgehead atoms. The van der Waals surface area contributed by atoms with Gasteiger partial charge in [-0.3, -0.25) is 4.99 Å². The van der Waals surface area contributed by atoms with E-state index in [-0.39, 0.29) is 24.0 Å². The molecule has 112 valence electrons. The molecule has 1 saturated heterocycles. The largest absolute Gasteiger partial charge is 0.379 e. The van der Waals surface area contributed by atoms with Crippen molar-refractivity contribution in [1.29, 1.82) is 0 Å². The van der Waals surface area contributed by atoms with E-state index in [1.165, 1.54) is 25.7 Å². The van der Waals surface area contributed by atoms with E-state index in [4.69, 9.17) is 4.74 Å². The summed E-state index contributed by atoms with van der Waals surface area (Å²) in [6.07, 6.45) is 5.35. The summed E-state index contributed by atoms with van der Waals surface area (Å²) in [7, 11) is 1.87. The van der Waals surface area contributed by atoms with Gasteiger partial charge in [0.15, 0.2) is 5.96 Å². The van der Waals surface area contributed by atoms with E-state index >= 15 is 0 Å². The van der Waals surface area contributed by atoms with E-state index in [9.17, 15) is 0 Å². The van der Waals surface area contributed by atoms with E-state index in [1.807, 2.05) is 7.05 Å². The van der Waals surface area contributed by atoms with Crippen LogP contribution in [0.2, 0.25) is 0 Å². The highest BCUT2D eigenvalue weighted by Crippen LogP contribution is 2.28. The first-order valence-corrected chi connectivity index (χ1v) is 7.33. The number of ether oxygens (including phenoxy) is 1. The van der Waals surface area contributed by atoms with Gasteiger partial charge in [0.25, 0.3) is 0 Å². The average molecular weight is 381 g/mol. The van der Waals surface area contributed by atoms with Crippen molar-refractivity contribution in [3.05, 3.63) is 0 Å². The lowest BCUT2D eigenvalue weighted by Gasteiger charge is -2.33. The summed E-state index contributed by atoms with van der Waals surface area (Å²) in [6, 6.07) is 0. The molecule has 1 atom stereocenters. The number of guanidine groups is 1. The molecule has 1 heterocycles. The Morgan fingerprint density at radius 1 is 1.37 bits per heavy atom. The van der Waals surface area contributed by atoms with Gasteiger partial charge >= 0.3 is 0 Å². The standard InChI is InChI=1S/C14H27N3O.HI/c1-12-4-3-8-17(10-12)14(15-2)16-7-9-18-11-13-5-6-13;/h12-13H,3-11H2,1-2H3,(H,15,16);1H. The summed E-state index contributed by atoms with van der Waals surface area (Å²) in [4.78, 5) is 6.74. The number of hydrogen-bond donors (Lipinski definition) is 1. The second-order valence-corrected chi connectivity index (χ2v) is 5.69. The number of likely N-dealkylation sites (tertiary alicyclic amines) is 1. The highest BCUT2D eigenvalue weighted by atomic mass is 127. The number of rotatable bonds is 5. The Morgan fingerprint density at radius 2 is 2.16 bits per heavy atom. The Hall–Kier alpha value is -0.0400. The minimum atomic E-state index is 0. The van der Waals surface area contributed by atoms with Crippen molar-refractivity contribution in [2.45, 2.75) is 32.6 Å². The third kappa shape index (κ3) is 6.29. The van der Waals surface area contributed by atoms with Crippen LogP contribution in [0.25, 0.3) is 0 Å². The molecule has 0 aromatic rings. The van der Waals surface area contributed by atoms with Crippen LogP contribution < -0.4 is 5.32 Å². The van der Waals surface area contributed by atoms with Crippen molar-refractivity contribution in [3.8, 4) is 0 Å². The molecule has 0 radical (unpaired) electrons. The van der Waals surface area contributed by atoms with Gasteiger partial charge in [-0.05, 0) is 37.5 Å².